The van der Waals surface area contributed by atoms with Crippen LogP contribution in [0.1, 0.15) is 12.1 Å². The Morgan fingerprint density at radius 1 is 1.53 bits per heavy atom. The lowest BCUT2D eigenvalue weighted by Gasteiger charge is -1.98. The number of aryl methyl sites for hydroxylation is 1. The molecule has 0 aliphatic carbocycles. The second kappa shape index (κ2) is 7.17. The number of nitriles is 1. The van der Waals surface area contributed by atoms with E-state index in [9.17, 15) is 4.79 Å². The molecule has 4 nitrogen and oxygen atoms in total. The number of hydrogen-bond donors (Lipinski definition) is 1. The molecule has 0 spiro atoms. The van der Waals surface area contributed by atoms with E-state index in [2.05, 4.69) is 0 Å². The maximum atomic E-state index is 10.4. The fourth-order valence-corrected chi connectivity index (χ4v) is 1.19. The summed E-state index contributed by atoms with van der Waals surface area (Å²) in [4.78, 5) is 10.4. The van der Waals surface area contributed by atoms with Crippen molar-refractivity contribution in [1.29, 1.82) is 5.26 Å². The van der Waals surface area contributed by atoms with Crippen molar-refractivity contribution in [3.63, 3.8) is 0 Å². The normalized spacial score (nSPS) is 8.73. The fourth-order valence-electron chi connectivity index (χ4n) is 1.19. The van der Waals surface area contributed by atoms with E-state index in [0.717, 1.165) is 5.69 Å². The van der Waals surface area contributed by atoms with Gasteiger partial charge in [0.25, 0.3) is 0 Å². The molecule has 0 saturated carbocycles. The summed E-state index contributed by atoms with van der Waals surface area (Å²) >= 11 is 0. The number of carboxylic acid groups (broad SMARTS) is 1. The van der Waals surface area contributed by atoms with Crippen LogP contribution < -0.4 is 28.5 Å². The standard InChI is InChI=1S/C10H10N2O2.HI/c11-6-4-9-3-1-2-7-12(9)8-5-10(13)14;/h1-3,7H,4-5,8H2;1H. The van der Waals surface area contributed by atoms with Gasteiger partial charge in [-0.3, -0.25) is 4.79 Å². The molecule has 0 aliphatic heterocycles. The average Bonchev–Trinajstić information content (AvgIpc) is 2.17. The molecule has 0 saturated heterocycles. The number of pyridine rings is 1. The van der Waals surface area contributed by atoms with Crippen molar-refractivity contribution in [2.45, 2.75) is 19.4 Å². The van der Waals surface area contributed by atoms with Crippen molar-refractivity contribution >= 4 is 5.97 Å². The predicted octanol–water partition coefficient (Wildman–Crippen LogP) is -2.48. The number of hydrogen-bond acceptors (Lipinski definition) is 2. The largest absolute Gasteiger partial charge is 1.00 e. The van der Waals surface area contributed by atoms with Crippen LogP contribution in [0.25, 0.3) is 0 Å². The molecule has 0 amide bonds. The molecule has 0 aromatic carbocycles. The van der Waals surface area contributed by atoms with E-state index in [1.165, 1.54) is 0 Å². The van der Waals surface area contributed by atoms with E-state index in [-0.39, 0.29) is 30.4 Å². The van der Waals surface area contributed by atoms with Crippen LogP contribution in [0.3, 0.4) is 0 Å². The molecule has 1 aromatic rings. The lowest BCUT2D eigenvalue weighted by Crippen LogP contribution is -3.00. The third kappa shape index (κ3) is 4.74. The van der Waals surface area contributed by atoms with Crippen LogP contribution in [0.2, 0.25) is 0 Å². The topological polar surface area (TPSA) is 65.0 Å². The zero-order valence-corrected chi connectivity index (χ0v) is 10.2. The van der Waals surface area contributed by atoms with Gasteiger partial charge in [-0.05, 0) is 0 Å². The monoisotopic (exact) mass is 318 g/mol. The summed E-state index contributed by atoms with van der Waals surface area (Å²) in [5, 5.41) is 17.1. The minimum Gasteiger partial charge on any atom is -1.00 e. The summed E-state index contributed by atoms with van der Waals surface area (Å²) in [6, 6.07) is 7.53. The smallest absolute Gasteiger partial charge is 0.309 e. The quantitative estimate of drug-likeness (QED) is 0.494. The summed E-state index contributed by atoms with van der Waals surface area (Å²) in [6.07, 6.45) is 2.17. The lowest BCUT2D eigenvalue weighted by molar-refractivity contribution is -0.702. The molecule has 0 radical (unpaired) electrons. The summed E-state index contributed by atoms with van der Waals surface area (Å²) in [5.74, 6) is -0.829. The zero-order valence-electron chi connectivity index (χ0n) is 8.06. The molecule has 15 heavy (non-hydrogen) atoms. The van der Waals surface area contributed by atoms with Crippen LogP contribution in [0.5, 0.6) is 0 Å². The van der Waals surface area contributed by atoms with Crippen molar-refractivity contribution in [3.8, 4) is 6.07 Å². The molecular weight excluding hydrogens is 307 g/mol. The molecule has 1 aromatic heterocycles. The Hall–Kier alpha value is -1.16. The van der Waals surface area contributed by atoms with Gasteiger partial charge in [-0.1, -0.05) is 6.07 Å². The number of carboxylic acids is 1. The van der Waals surface area contributed by atoms with Crippen molar-refractivity contribution in [3.05, 3.63) is 30.1 Å². The highest BCUT2D eigenvalue weighted by Gasteiger charge is 2.10. The molecule has 5 heteroatoms. The van der Waals surface area contributed by atoms with Crippen molar-refractivity contribution in [2.75, 3.05) is 0 Å². The van der Waals surface area contributed by atoms with Crippen molar-refractivity contribution < 1.29 is 38.4 Å². The maximum Gasteiger partial charge on any atom is 0.309 e. The SMILES string of the molecule is N#CCc1cccc[n+]1CCC(=O)O.[I-]. The average molecular weight is 318 g/mol. The summed E-state index contributed by atoms with van der Waals surface area (Å²) < 4.78 is 1.79. The number of nitrogens with zero attached hydrogens (tertiary/aromatic N) is 2. The maximum absolute atomic E-state index is 10.4. The van der Waals surface area contributed by atoms with E-state index in [0.29, 0.717) is 13.0 Å². The number of halogens is 1. The van der Waals surface area contributed by atoms with Gasteiger partial charge < -0.3 is 29.1 Å². The Morgan fingerprint density at radius 2 is 2.27 bits per heavy atom. The third-order valence-electron chi connectivity index (χ3n) is 1.86. The number of carbonyl (C=O) groups is 1. The first-order valence-corrected chi connectivity index (χ1v) is 4.30. The molecule has 0 unspecified atom stereocenters. The number of rotatable bonds is 4. The van der Waals surface area contributed by atoms with Gasteiger partial charge in [-0.25, -0.2) is 4.57 Å². The van der Waals surface area contributed by atoms with E-state index >= 15 is 0 Å². The highest BCUT2D eigenvalue weighted by atomic mass is 127. The van der Waals surface area contributed by atoms with E-state index in [4.69, 9.17) is 10.4 Å². The molecule has 0 atom stereocenters. The molecule has 80 valence electrons. The van der Waals surface area contributed by atoms with Crippen molar-refractivity contribution in [2.24, 2.45) is 0 Å². The van der Waals surface area contributed by atoms with Crippen LogP contribution in [-0.4, -0.2) is 11.1 Å². The van der Waals surface area contributed by atoms with Gasteiger partial charge in [0.15, 0.2) is 18.4 Å². The molecular formula is C10H11IN2O2. The Bertz CT molecular complexity index is 374. The van der Waals surface area contributed by atoms with Crippen LogP contribution in [-0.2, 0) is 17.8 Å². The van der Waals surface area contributed by atoms with Gasteiger partial charge in [0, 0.05) is 12.1 Å². The molecule has 1 N–H and O–H groups in total. The zero-order chi connectivity index (χ0) is 10.4. The van der Waals surface area contributed by atoms with Gasteiger partial charge in [-0.15, -0.1) is 0 Å². The van der Waals surface area contributed by atoms with E-state index < -0.39 is 5.97 Å². The third-order valence-corrected chi connectivity index (χ3v) is 1.86. The lowest BCUT2D eigenvalue weighted by atomic mass is 10.2. The van der Waals surface area contributed by atoms with Gasteiger partial charge in [-0.2, -0.15) is 5.26 Å². The molecule has 0 bridgehead atoms. The molecule has 1 heterocycles. The summed E-state index contributed by atoms with van der Waals surface area (Å²) in [6.45, 7) is 0.410. The van der Waals surface area contributed by atoms with Crippen LogP contribution in [0.4, 0.5) is 0 Å². The first-order valence-electron chi connectivity index (χ1n) is 4.30. The van der Waals surface area contributed by atoms with Gasteiger partial charge in [0.05, 0.1) is 6.07 Å². The van der Waals surface area contributed by atoms with Gasteiger partial charge in [0.1, 0.15) is 12.8 Å². The van der Waals surface area contributed by atoms with Crippen molar-refractivity contribution in [1.82, 2.24) is 0 Å². The molecule has 0 fully saturated rings. The summed E-state index contributed by atoms with van der Waals surface area (Å²) in [7, 11) is 0. The fraction of sp³-hybridized carbons (Fsp3) is 0.300. The Kier molecular flexibility index (Phi) is 6.62. The molecule has 1 rings (SSSR count). The van der Waals surface area contributed by atoms with Gasteiger partial charge in [0.2, 0.25) is 0 Å². The number of aliphatic carboxylic acids is 1. The second-order valence-electron chi connectivity index (χ2n) is 2.86. The van der Waals surface area contributed by atoms with Crippen LogP contribution >= 0.6 is 0 Å². The number of aromatic nitrogens is 1. The van der Waals surface area contributed by atoms with Crippen LogP contribution in [0.15, 0.2) is 24.4 Å². The predicted molar refractivity (Wildman–Crippen MR) is 48.2 cm³/mol. The highest BCUT2D eigenvalue weighted by molar-refractivity contribution is 5.66. The minimum atomic E-state index is -0.829. The summed E-state index contributed by atoms with van der Waals surface area (Å²) in [5.41, 5.74) is 0.844. The highest BCUT2D eigenvalue weighted by Crippen LogP contribution is 1.93. The van der Waals surface area contributed by atoms with Gasteiger partial charge >= 0.3 is 5.97 Å². The van der Waals surface area contributed by atoms with E-state index in [1.807, 2.05) is 24.3 Å². The molecule has 0 aliphatic rings. The first-order chi connectivity index (χ1) is 6.74. The van der Waals surface area contributed by atoms with E-state index in [1.54, 1.807) is 10.8 Å². The second-order valence-corrected chi connectivity index (χ2v) is 2.86. The Morgan fingerprint density at radius 3 is 2.87 bits per heavy atom. The van der Waals surface area contributed by atoms with Crippen LogP contribution in [0, 0.1) is 11.3 Å². The minimum absolute atomic E-state index is 0. The Labute approximate surface area is 105 Å². The Balaban J connectivity index is 0.00000196. The first kappa shape index (κ1) is 13.8.